The van der Waals surface area contributed by atoms with Crippen molar-refractivity contribution in [1.82, 2.24) is 10.2 Å². The van der Waals surface area contributed by atoms with E-state index in [2.05, 4.69) is 44.8 Å². The highest BCUT2D eigenvalue weighted by Gasteiger charge is 2.28. The fraction of sp³-hybridized carbons (Fsp3) is 1.00. The molecule has 1 saturated heterocycles. The molecule has 1 aliphatic heterocycles. The third kappa shape index (κ3) is 6.27. The molecule has 19 heavy (non-hydrogen) atoms. The van der Waals surface area contributed by atoms with E-state index in [1.165, 1.54) is 51.5 Å². The van der Waals surface area contributed by atoms with E-state index >= 15 is 0 Å². The fourth-order valence-corrected chi connectivity index (χ4v) is 3.29. The lowest BCUT2D eigenvalue weighted by Crippen LogP contribution is -2.52. The van der Waals surface area contributed by atoms with E-state index in [-0.39, 0.29) is 5.54 Å². The Balaban J connectivity index is 2.60. The van der Waals surface area contributed by atoms with Crippen molar-refractivity contribution in [3.8, 4) is 0 Å². The second kappa shape index (κ2) is 8.26. The van der Waals surface area contributed by atoms with Gasteiger partial charge in [0, 0.05) is 24.2 Å². The Labute approximate surface area is 121 Å². The van der Waals surface area contributed by atoms with E-state index in [1.54, 1.807) is 0 Å². The summed E-state index contributed by atoms with van der Waals surface area (Å²) >= 11 is 0. The summed E-state index contributed by atoms with van der Waals surface area (Å²) in [5.74, 6) is 0. The molecular formula is C17H36N2. The van der Waals surface area contributed by atoms with Gasteiger partial charge >= 0.3 is 0 Å². The molecule has 0 spiro atoms. The fourth-order valence-electron chi connectivity index (χ4n) is 3.29. The SMILES string of the molecule is CCCC1CCCCN1C(CCC)CNC(C)(C)C. The van der Waals surface area contributed by atoms with Gasteiger partial charge in [0.1, 0.15) is 0 Å². The van der Waals surface area contributed by atoms with Gasteiger partial charge < -0.3 is 5.32 Å². The van der Waals surface area contributed by atoms with Gasteiger partial charge in [0.25, 0.3) is 0 Å². The molecule has 0 saturated carbocycles. The molecule has 2 unspecified atom stereocenters. The van der Waals surface area contributed by atoms with Crippen LogP contribution in [0, 0.1) is 0 Å². The summed E-state index contributed by atoms with van der Waals surface area (Å²) in [6, 6.07) is 1.58. The molecule has 1 N–H and O–H groups in total. The summed E-state index contributed by atoms with van der Waals surface area (Å²) in [5.41, 5.74) is 0.238. The summed E-state index contributed by atoms with van der Waals surface area (Å²) in [6.07, 6.45) is 9.60. The van der Waals surface area contributed by atoms with Crippen molar-refractivity contribution in [3.05, 3.63) is 0 Å². The van der Waals surface area contributed by atoms with E-state index in [4.69, 9.17) is 0 Å². The van der Waals surface area contributed by atoms with Crippen LogP contribution in [0.15, 0.2) is 0 Å². The van der Waals surface area contributed by atoms with Crippen LogP contribution in [-0.4, -0.2) is 35.6 Å². The summed E-state index contributed by atoms with van der Waals surface area (Å²) in [7, 11) is 0. The molecular weight excluding hydrogens is 232 g/mol. The predicted octanol–water partition coefficient (Wildman–Crippen LogP) is 4.20. The Hall–Kier alpha value is -0.0800. The lowest BCUT2D eigenvalue weighted by Gasteiger charge is -2.42. The molecule has 0 aliphatic carbocycles. The first kappa shape index (κ1) is 17.0. The van der Waals surface area contributed by atoms with Crippen molar-refractivity contribution in [1.29, 1.82) is 0 Å². The van der Waals surface area contributed by atoms with E-state index < -0.39 is 0 Å². The molecule has 1 heterocycles. The molecule has 0 aromatic rings. The summed E-state index contributed by atoms with van der Waals surface area (Å²) in [4.78, 5) is 2.83. The molecule has 1 fully saturated rings. The van der Waals surface area contributed by atoms with Crippen molar-refractivity contribution in [3.63, 3.8) is 0 Å². The maximum Gasteiger partial charge on any atom is 0.0223 e. The molecule has 1 aliphatic rings. The molecule has 114 valence electrons. The average Bonchev–Trinajstić information content (AvgIpc) is 2.35. The van der Waals surface area contributed by atoms with Crippen LogP contribution < -0.4 is 5.32 Å². The first-order valence-electron chi connectivity index (χ1n) is 8.48. The van der Waals surface area contributed by atoms with Crippen LogP contribution in [-0.2, 0) is 0 Å². The molecule has 0 radical (unpaired) electrons. The van der Waals surface area contributed by atoms with Crippen LogP contribution in [0.2, 0.25) is 0 Å². The molecule has 0 amide bonds. The van der Waals surface area contributed by atoms with Crippen LogP contribution in [0.25, 0.3) is 0 Å². The van der Waals surface area contributed by atoms with Gasteiger partial charge in [0.15, 0.2) is 0 Å². The number of piperidine rings is 1. The average molecular weight is 268 g/mol. The minimum atomic E-state index is 0.238. The second-order valence-corrected chi connectivity index (χ2v) is 7.25. The Bertz CT molecular complexity index is 230. The third-order valence-electron chi connectivity index (χ3n) is 4.25. The number of hydrogen-bond donors (Lipinski definition) is 1. The zero-order chi connectivity index (χ0) is 14.3. The van der Waals surface area contributed by atoms with Crippen LogP contribution in [0.4, 0.5) is 0 Å². The molecule has 0 aromatic heterocycles. The van der Waals surface area contributed by atoms with E-state index in [1.807, 2.05) is 0 Å². The largest absolute Gasteiger partial charge is 0.311 e. The van der Waals surface area contributed by atoms with Gasteiger partial charge in [-0.15, -0.1) is 0 Å². The van der Waals surface area contributed by atoms with Gasteiger partial charge in [-0.05, 0) is 53.0 Å². The number of rotatable bonds is 7. The van der Waals surface area contributed by atoms with E-state index in [9.17, 15) is 0 Å². The van der Waals surface area contributed by atoms with Gasteiger partial charge in [-0.25, -0.2) is 0 Å². The zero-order valence-corrected chi connectivity index (χ0v) is 14.0. The highest BCUT2D eigenvalue weighted by molar-refractivity contribution is 4.85. The molecule has 0 aromatic carbocycles. The molecule has 0 bridgehead atoms. The predicted molar refractivity (Wildman–Crippen MR) is 85.7 cm³/mol. The topological polar surface area (TPSA) is 15.3 Å². The van der Waals surface area contributed by atoms with Crippen molar-refractivity contribution >= 4 is 0 Å². The Morgan fingerprint density at radius 2 is 1.89 bits per heavy atom. The van der Waals surface area contributed by atoms with Gasteiger partial charge in [0.05, 0.1) is 0 Å². The molecule has 2 atom stereocenters. The monoisotopic (exact) mass is 268 g/mol. The highest BCUT2D eigenvalue weighted by Crippen LogP contribution is 2.24. The second-order valence-electron chi connectivity index (χ2n) is 7.25. The normalized spacial score (nSPS) is 23.5. The number of nitrogens with zero attached hydrogens (tertiary/aromatic N) is 1. The minimum Gasteiger partial charge on any atom is -0.311 e. The maximum absolute atomic E-state index is 3.73. The zero-order valence-electron chi connectivity index (χ0n) is 14.0. The van der Waals surface area contributed by atoms with Crippen molar-refractivity contribution in [2.24, 2.45) is 0 Å². The smallest absolute Gasteiger partial charge is 0.0223 e. The number of likely N-dealkylation sites (tertiary alicyclic amines) is 1. The Morgan fingerprint density at radius 3 is 2.47 bits per heavy atom. The first-order valence-corrected chi connectivity index (χ1v) is 8.48. The standard InChI is InChI=1S/C17H36N2/c1-6-10-15-12-8-9-13-19(15)16(11-7-2)14-18-17(3,4)5/h15-16,18H,6-14H2,1-5H3. The Kier molecular flexibility index (Phi) is 7.38. The minimum absolute atomic E-state index is 0.238. The van der Waals surface area contributed by atoms with Gasteiger partial charge in [0.2, 0.25) is 0 Å². The number of nitrogens with one attached hydrogen (secondary N) is 1. The van der Waals surface area contributed by atoms with Crippen LogP contribution in [0.5, 0.6) is 0 Å². The molecule has 1 rings (SSSR count). The molecule has 2 heteroatoms. The van der Waals surface area contributed by atoms with E-state index in [0.717, 1.165) is 18.6 Å². The van der Waals surface area contributed by atoms with Crippen LogP contribution >= 0.6 is 0 Å². The van der Waals surface area contributed by atoms with Crippen LogP contribution in [0.3, 0.4) is 0 Å². The van der Waals surface area contributed by atoms with Crippen molar-refractivity contribution in [2.75, 3.05) is 13.1 Å². The summed E-state index contributed by atoms with van der Waals surface area (Å²) in [6.45, 7) is 13.9. The molecule has 2 nitrogen and oxygen atoms in total. The maximum atomic E-state index is 3.73. The van der Waals surface area contributed by atoms with E-state index in [0.29, 0.717) is 0 Å². The van der Waals surface area contributed by atoms with Gasteiger partial charge in [-0.3, -0.25) is 4.90 Å². The number of hydrogen-bond acceptors (Lipinski definition) is 2. The third-order valence-corrected chi connectivity index (χ3v) is 4.25. The highest BCUT2D eigenvalue weighted by atomic mass is 15.2. The quantitative estimate of drug-likeness (QED) is 0.744. The summed E-state index contributed by atoms with van der Waals surface area (Å²) < 4.78 is 0. The van der Waals surface area contributed by atoms with Crippen molar-refractivity contribution < 1.29 is 0 Å². The lowest BCUT2D eigenvalue weighted by molar-refractivity contribution is 0.0784. The van der Waals surface area contributed by atoms with Crippen molar-refractivity contribution in [2.45, 2.75) is 97.2 Å². The van der Waals surface area contributed by atoms with Gasteiger partial charge in [-0.1, -0.05) is 33.1 Å². The van der Waals surface area contributed by atoms with Crippen LogP contribution in [0.1, 0.15) is 79.6 Å². The summed E-state index contributed by atoms with van der Waals surface area (Å²) in [5, 5.41) is 3.73. The van der Waals surface area contributed by atoms with Gasteiger partial charge in [-0.2, -0.15) is 0 Å². The first-order chi connectivity index (χ1) is 8.98. The lowest BCUT2D eigenvalue weighted by atomic mass is 9.94. The Morgan fingerprint density at radius 1 is 1.16 bits per heavy atom.